The average molecular weight is 479 g/mol. The average Bonchev–Trinajstić information content (AvgIpc) is 2.75. The summed E-state index contributed by atoms with van der Waals surface area (Å²) in [6.45, 7) is 3.71. The molecule has 0 saturated carbocycles. The largest absolute Gasteiger partial charge is 0.495 e. The predicted molar refractivity (Wildman–Crippen MR) is 129 cm³/mol. The Balaban J connectivity index is 1.85. The Hall–Kier alpha value is -2.25. The van der Waals surface area contributed by atoms with Crippen molar-refractivity contribution in [3.63, 3.8) is 0 Å². The van der Waals surface area contributed by atoms with Gasteiger partial charge in [0.15, 0.2) is 0 Å². The highest BCUT2D eigenvalue weighted by atomic mass is 35.5. The van der Waals surface area contributed by atoms with E-state index in [0.717, 1.165) is 29.0 Å². The Morgan fingerprint density at radius 3 is 2.44 bits per heavy atom. The molecule has 6 nitrogen and oxygen atoms in total. The van der Waals surface area contributed by atoms with Crippen LogP contribution in [0.2, 0.25) is 5.02 Å². The molecule has 1 aliphatic carbocycles. The number of ether oxygens (including phenoxy) is 1. The van der Waals surface area contributed by atoms with Crippen molar-refractivity contribution >= 4 is 33.2 Å². The lowest BCUT2D eigenvalue weighted by Gasteiger charge is -2.31. The van der Waals surface area contributed by atoms with Gasteiger partial charge in [0.25, 0.3) is 0 Å². The van der Waals surface area contributed by atoms with Gasteiger partial charge in [0, 0.05) is 0 Å². The first-order valence-corrected chi connectivity index (χ1v) is 13.1. The molecule has 3 rings (SSSR count). The first-order valence-electron chi connectivity index (χ1n) is 10.9. The maximum Gasteiger partial charge on any atom is 0.244 e. The van der Waals surface area contributed by atoms with E-state index >= 15 is 0 Å². The van der Waals surface area contributed by atoms with Gasteiger partial charge in [0.2, 0.25) is 15.9 Å². The van der Waals surface area contributed by atoms with Crippen molar-refractivity contribution in [1.82, 2.24) is 5.32 Å². The number of methoxy groups -OCH3 is 1. The van der Waals surface area contributed by atoms with Gasteiger partial charge in [0.1, 0.15) is 11.8 Å². The van der Waals surface area contributed by atoms with Crippen LogP contribution in [0.4, 0.5) is 5.69 Å². The van der Waals surface area contributed by atoms with E-state index in [1.807, 2.05) is 13.0 Å². The van der Waals surface area contributed by atoms with Crippen LogP contribution in [0, 0.1) is 0 Å². The molecule has 0 bridgehead atoms. The zero-order valence-corrected chi connectivity index (χ0v) is 20.6. The standard InChI is InChI=1S/C24H31ClN2O4S/c1-5-22(27(32(4,29)30)20-12-13-23(31-3)21(25)15-20)24(28)26-16(2)18-11-10-17-8-6-7-9-19(17)14-18/h10-16,22H,5-9H2,1-4H3,(H,26,28)/t16-,22+/m1/s1. The summed E-state index contributed by atoms with van der Waals surface area (Å²) >= 11 is 6.23. The number of nitrogens with zero attached hydrogens (tertiary/aromatic N) is 1. The summed E-state index contributed by atoms with van der Waals surface area (Å²) < 4.78 is 31.7. The van der Waals surface area contributed by atoms with Gasteiger partial charge in [-0.15, -0.1) is 0 Å². The van der Waals surface area contributed by atoms with Gasteiger partial charge in [-0.05, 0) is 73.9 Å². The lowest BCUT2D eigenvalue weighted by atomic mass is 9.89. The van der Waals surface area contributed by atoms with Crippen LogP contribution in [0.5, 0.6) is 5.75 Å². The Kier molecular flexibility index (Phi) is 7.72. The van der Waals surface area contributed by atoms with Crippen molar-refractivity contribution in [2.45, 2.75) is 58.0 Å². The molecule has 0 saturated heterocycles. The van der Waals surface area contributed by atoms with Crippen molar-refractivity contribution < 1.29 is 17.9 Å². The molecule has 0 aromatic heterocycles. The topological polar surface area (TPSA) is 75.7 Å². The molecule has 174 valence electrons. The number of amides is 1. The number of benzene rings is 2. The number of hydrogen-bond donors (Lipinski definition) is 1. The number of rotatable bonds is 8. The van der Waals surface area contributed by atoms with Gasteiger partial charge in [-0.1, -0.05) is 36.7 Å². The summed E-state index contributed by atoms with van der Waals surface area (Å²) in [6.07, 6.45) is 5.95. The van der Waals surface area contributed by atoms with Crippen LogP contribution in [0.1, 0.15) is 55.8 Å². The van der Waals surface area contributed by atoms with Crippen LogP contribution in [-0.4, -0.2) is 33.7 Å². The maximum atomic E-state index is 13.2. The number of fused-ring (bicyclic) bond motifs is 1. The second-order valence-corrected chi connectivity index (χ2v) is 10.5. The Morgan fingerprint density at radius 1 is 1.16 bits per heavy atom. The summed E-state index contributed by atoms with van der Waals surface area (Å²) in [7, 11) is -2.26. The number of carbonyl (C=O) groups excluding carboxylic acids is 1. The third kappa shape index (κ3) is 5.38. The van der Waals surface area contributed by atoms with Crippen molar-refractivity contribution in [2.24, 2.45) is 0 Å². The number of nitrogens with one attached hydrogen (secondary N) is 1. The second-order valence-electron chi connectivity index (χ2n) is 8.27. The summed E-state index contributed by atoms with van der Waals surface area (Å²) in [4.78, 5) is 13.2. The van der Waals surface area contributed by atoms with E-state index in [1.54, 1.807) is 19.1 Å². The van der Waals surface area contributed by atoms with Crippen LogP contribution in [0.15, 0.2) is 36.4 Å². The van der Waals surface area contributed by atoms with Crippen molar-refractivity contribution in [3.8, 4) is 5.75 Å². The highest BCUT2D eigenvalue weighted by Gasteiger charge is 2.32. The highest BCUT2D eigenvalue weighted by molar-refractivity contribution is 7.92. The van der Waals surface area contributed by atoms with Gasteiger partial charge in [-0.25, -0.2) is 8.42 Å². The molecule has 0 heterocycles. The Bertz CT molecular complexity index is 1090. The third-order valence-corrected chi connectivity index (χ3v) is 7.43. The quantitative estimate of drug-likeness (QED) is 0.599. The van der Waals surface area contributed by atoms with E-state index in [0.29, 0.717) is 17.9 Å². The highest BCUT2D eigenvalue weighted by Crippen LogP contribution is 2.32. The molecule has 2 aromatic rings. The molecular formula is C24H31ClN2O4S. The summed E-state index contributed by atoms with van der Waals surface area (Å²) in [6, 6.07) is 9.89. The molecule has 0 fully saturated rings. The second kappa shape index (κ2) is 10.1. The number of aryl methyl sites for hydroxylation is 2. The Morgan fingerprint density at radius 2 is 1.84 bits per heavy atom. The SMILES string of the molecule is CC[C@@H](C(=O)N[C@H](C)c1ccc2c(c1)CCCC2)N(c1ccc(OC)c(Cl)c1)S(C)(=O)=O. The fourth-order valence-corrected chi connectivity index (χ4v) is 5.72. The molecule has 32 heavy (non-hydrogen) atoms. The van der Waals surface area contributed by atoms with Gasteiger partial charge >= 0.3 is 0 Å². The monoisotopic (exact) mass is 478 g/mol. The first kappa shape index (κ1) is 24.4. The molecule has 0 aliphatic heterocycles. The van der Waals surface area contributed by atoms with Crippen LogP contribution in [0.3, 0.4) is 0 Å². The lowest BCUT2D eigenvalue weighted by molar-refractivity contribution is -0.122. The minimum Gasteiger partial charge on any atom is -0.495 e. The summed E-state index contributed by atoms with van der Waals surface area (Å²) in [5.74, 6) is 0.0810. The summed E-state index contributed by atoms with van der Waals surface area (Å²) in [5, 5.41) is 3.29. The molecule has 0 spiro atoms. The van der Waals surface area contributed by atoms with Crippen LogP contribution < -0.4 is 14.4 Å². The third-order valence-electron chi connectivity index (χ3n) is 5.95. The molecule has 8 heteroatoms. The van der Waals surface area contributed by atoms with Gasteiger partial charge in [-0.2, -0.15) is 0 Å². The minimum atomic E-state index is -3.75. The van der Waals surface area contributed by atoms with E-state index in [4.69, 9.17) is 16.3 Å². The molecule has 1 amide bonds. The predicted octanol–water partition coefficient (Wildman–Crippen LogP) is 4.65. The fraction of sp³-hybridized carbons (Fsp3) is 0.458. The number of anilines is 1. The molecular weight excluding hydrogens is 448 g/mol. The van der Waals surface area contributed by atoms with E-state index in [9.17, 15) is 13.2 Å². The maximum absolute atomic E-state index is 13.2. The van der Waals surface area contributed by atoms with Crippen LogP contribution >= 0.6 is 11.6 Å². The fourth-order valence-electron chi connectivity index (χ4n) is 4.27. The van der Waals surface area contributed by atoms with Crippen LogP contribution in [-0.2, 0) is 27.7 Å². The molecule has 1 N–H and O–H groups in total. The molecule has 0 radical (unpaired) electrons. The van der Waals surface area contributed by atoms with E-state index in [-0.39, 0.29) is 17.0 Å². The number of halogens is 1. The molecule has 0 unspecified atom stereocenters. The van der Waals surface area contributed by atoms with Gasteiger partial charge < -0.3 is 10.1 Å². The lowest BCUT2D eigenvalue weighted by Crippen LogP contribution is -2.49. The number of carbonyl (C=O) groups is 1. The number of sulfonamides is 1. The minimum absolute atomic E-state index is 0.246. The van der Waals surface area contributed by atoms with Crippen molar-refractivity contribution in [3.05, 3.63) is 58.1 Å². The summed E-state index contributed by atoms with van der Waals surface area (Å²) in [5.41, 5.74) is 4.06. The van der Waals surface area contributed by atoms with Crippen molar-refractivity contribution in [2.75, 3.05) is 17.7 Å². The molecule has 1 aliphatic rings. The first-order chi connectivity index (χ1) is 15.2. The van der Waals surface area contributed by atoms with E-state index < -0.39 is 16.1 Å². The molecule has 2 atom stereocenters. The van der Waals surface area contributed by atoms with Gasteiger partial charge in [0.05, 0.1) is 30.1 Å². The molecule has 2 aromatic carbocycles. The van der Waals surface area contributed by atoms with E-state index in [2.05, 4.69) is 17.4 Å². The smallest absolute Gasteiger partial charge is 0.244 e. The van der Waals surface area contributed by atoms with Crippen LogP contribution in [0.25, 0.3) is 0 Å². The van der Waals surface area contributed by atoms with Gasteiger partial charge in [-0.3, -0.25) is 9.10 Å². The number of hydrogen-bond acceptors (Lipinski definition) is 4. The zero-order chi connectivity index (χ0) is 23.5. The zero-order valence-electron chi connectivity index (χ0n) is 19.0. The normalized spacial score (nSPS) is 15.4. The van der Waals surface area contributed by atoms with E-state index in [1.165, 1.54) is 37.1 Å². The van der Waals surface area contributed by atoms with Crippen molar-refractivity contribution in [1.29, 1.82) is 0 Å². The Labute approximate surface area is 196 Å².